The lowest BCUT2D eigenvalue weighted by Crippen LogP contribution is -2.23. The molecule has 0 fully saturated rings. The largest absolute Gasteiger partial charge is 0.370 e. The van der Waals surface area contributed by atoms with Crippen LogP contribution in [0.1, 0.15) is 36.2 Å². The van der Waals surface area contributed by atoms with Gasteiger partial charge in [-0.15, -0.1) is 0 Å². The molecule has 2 aromatic rings. The normalized spacial score (nSPS) is 10.5. The zero-order valence-electron chi connectivity index (χ0n) is 13.2. The Hall–Kier alpha value is -2.36. The van der Waals surface area contributed by atoms with Gasteiger partial charge in [-0.05, 0) is 30.0 Å². The summed E-state index contributed by atoms with van der Waals surface area (Å²) >= 11 is 0. The molecule has 1 amide bonds. The molecule has 22 heavy (non-hydrogen) atoms. The second-order valence-corrected chi connectivity index (χ2v) is 5.71. The van der Waals surface area contributed by atoms with Crippen LogP contribution in [0.3, 0.4) is 0 Å². The zero-order chi connectivity index (χ0) is 15.8. The second-order valence-electron chi connectivity index (χ2n) is 5.71. The molecule has 0 aliphatic carbocycles. The number of rotatable bonds is 7. The maximum atomic E-state index is 12.2. The maximum Gasteiger partial charge on any atom is 0.251 e. The van der Waals surface area contributed by atoms with Crippen LogP contribution in [0, 0.1) is 5.92 Å². The Bertz CT molecular complexity index is 596. The standard InChI is InChI=1S/C18H23N3O/c1-14(2)8-10-19-17-12-16(9-11-20-17)18(22)21-13-15-6-4-3-5-7-15/h3-7,9,11-12,14H,8,10,13H2,1-2H3,(H,19,20)(H,21,22). The molecule has 0 spiro atoms. The van der Waals surface area contributed by atoms with Gasteiger partial charge in [-0.1, -0.05) is 44.2 Å². The van der Waals surface area contributed by atoms with Crippen LogP contribution in [0.5, 0.6) is 0 Å². The highest BCUT2D eigenvalue weighted by molar-refractivity contribution is 5.94. The molecule has 0 aliphatic heterocycles. The minimum absolute atomic E-state index is 0.0850. The van der Waals surface area contributed by atoms with Gasteiger partial charge >= 0.3 is 0 Å². The average Bonchev–Trinajstić information content (AvgIpc) is 2.53. The number of hydrogen-bond donors (Lipinski definition) is 2. The summed E-state index contributed by atoms with van der Waals surface area (Å²) in [6.07, 6.45) is 2.74. The Kier molecular flexibility index (Phi) is 5.95. The smallest absolute Gasteiger partial charge is 0.251 e. The lowest BCUT2D eigenvalue weighted by molar-refractivity contribution is 0.0951. The van der Waals surface area contributed by atoms with Crippen LogP contribution in [-0.2, 0) is 6.54 Å². The third-order valence-electron chi connectivity index (χ3n) is 3.35. The van der Waals surface area contributed by atoms with E-state index in [-0.39, 0.29) is 5.91 Å². The summed E-state index contributed by atoms with van der Waals surface area (Å²) in [7, 11) is 0. The molecular weight excluding hydrogens is 274 g/mol. The number of carbonyl (C=O) groups is 1. The third-order valence-corrected chi connectivity index (χ3v) is 3.35. The predicted octanol–water partition coefficient (Wildman–Crippen LogP) is 3.47. The van der Waals surface area contributed by atoms with Crippen LogP contribution in [0.25, 0.3) is 0 Å². The molecule has 1 heterocycles. The highest BCUT2D eigenvalue weighted by Gasteiger charge is 2.06. The van der Waals surface area contributed by atoms with Crippen molar-refractivity contribution in [3.05, 3.63) is 59.8 Å². The number of anilines is 1. The summed E-state index contributed by atoms with van der Waals surface area (Å²) in [6.45, 7) is 5.75. The van der Waals surface area contributed by atoms with Crippen molar-refractivity contribution < 1.29 is 4.79 Å². The Morgan fingerprint density at radius 2 is 1.95 bits per heavy atom. The maximum absolute atomic E-state index is 12.2. The first kappa shape index (κ1) is 16.0. The van der Waals surface area contributed by atoms with E-state index in [1.54, 1.807) is 18.3 Å². The van der Waals surface area contributed by atoms with Crippen molar-refractivity contribution in [3.8, 4) is 0 Å². The topological polar surface area (TPSA) is 54.0 Å². The SMILES string of the molecule is CC(C)CCNc1cc(C(=O)NCc2ccccc2)ccn1. The van der Waals surface area contributed by atoms with Gasteiger partial charge in [0, 0.05) is 24.8 Å². The molecule has 0 aliphatic rings. The molecule has 2 rings (SSSR count). The fraction of sp³-hybridized carbons (Fsp3) is 0.333. The number of carbonyl (C=O) groups excluding carboxylic acids is 1. The lowest BCUT2D eigenvalue weighted by Gasteiger charge is -2.09. The molecule has 0 bridgehead atoms. The van der Waals surface area contributed by atoms with E-state index in [0.717, 1.165) is 24.3 Å². The van der Waals surface area contributed by atoms with Crippen molar-refractivity contribution in [2.45, 2.75) is 26.8 Å². The van der Waals surface area contributed by atoms with Crippen LogP contribution in [0.4, 0.5) is 5.82 Å². The van der Waals surface area contributed by atoms with Gasteiger partial charge < -0.3 is 10.6 Å². The number of benzene rings is 1. The second kappa shape index (κ2) is 8.17. The molecular formula is C18H23N3O. The molecule has 0 atom stereocenters. The summed E-state index contributed by atoms with van der Waals surface area (Å²) in [6, 6.07) is 13.4. The van der Waals surface area contributed by atoms with Crippen molar-refractivity contribution in [3.63, 3.8) is 0 Å². The molecule has 0 unspecified atom stereocenters. The van der Waals surface area contributed by atoms with Gasteiger partial charge in [0.25, 0.3) is 5.91 Å². The quantitative estimate of drug-likeness (QED) is 0.823. The summed E-state index contributed by atoms with van der Waals surface area (Å²) in [5, 5.41) is 6.18. The number of aromatic nitrogens is 1. The van der Waals surface area contributed by atoms with E-state index >= 15 is 0 Å². The van der Waals surface area contributed by atoms with E-state index in [9.17, 15) is 4.79 Å². The van der Waals surface area contributed by atoms with Gasteiger partial charge in [-0.3, -0.25) is 4.79 Å². The number of hydrogen-bond acceptors (Lipinski definition) is 3. The Morgan fingerprint density at radius 1 is 1.18 bits per heavy atom. The fourth-order valence-electron chi connectivity index (χ4n) is 2.04. The van der Waals surface area contributed by atoms with E-state index in [2.05, 4.69) is 29.5 Å². The monoisotopic (exact) mass is 297 g/mol. The summed E-state index contributed by atoms with van der Waals surface area (Å²) in [5.74, 6) is 1.30. The van der Waals surface area contributed by atoms with Crippen LogP contribution in [0.2, 0.25) is 0 Å². The van der Waals surface area contributed by atoms with Crippen molar-refractivity contribution >= 4 is 11.7 Å². The third kappa shape index (κ3) is 5.20. The molecule has 2 N–H and O–H groups in total. The summed E-state index contributed by atoms with van der Waals surface area (Å²) < 4.78 is 0. The van der Waals surface area contributed by atoms with Crippen molar-refractivity contribution in [2.75, 3.05) is 11.9 Å². The van der Waals surface area contributed by atoms with E-state index in [1.165, 1.54) is 0 Å². The molecule has 0 saturated heterocycles. The Labute approximate surface area is 132 Å². The molecule has 4 nitrogen and oxygen atoms in total. The summed E-state index contributed by atoms with van der Waals surface area (Å²) in [5.41, 5.74) is 1.71. The van der Waals surface area contributed by atoms with Crippen molar-refractivity contribution in [1.82, 2.24) is 10.3 Å². The first-order chi connectivity index (χ1) is 10.6. The predicted molar refractivity (Wildman–Crippen MR) is 89.8 cm³/mol. The Morgan fingerprint density at radius 3 is 2.68 bits per heavy atom. The van der Waals surface area contributed by atoms with Crippen molar-refractivity contribution in [1.29, 1.82) is 0 Å². The zero-order valence-corrected chi connectivity index (χ0v) is 13.2. The molecule has 1 aromatic carbocycles. The van der Waals surface area contributed by atoms with E-state index in [0.29, 0.717) is 18.0 Å². The van der Waals surface area contributed by atoms with Gasteiger partial charge in [0.1, 0.15) is 5.82 Å². The number of nitrogens with zero attached hydrogens (tertiary/aromatic N) is 1. The molecule has 4 heteroatoms. The number of pyridine rings is 1. The molecule has 116 valence electrons. The lowest BCUT2D eigenvalue weighted by atomic mass is 10.1. The number of amides is 1. The highest BCUT2D eigenvalue weighted by atomic mass is 16.1. The highest BCUT2D eigenvalue weighted by Crippen LogP contribution is 2.08. The van der Waals surface area contributed by atoms with Gasteiger partial charge in [-0.2, -0.15) is 0 Å². The Balaban J connectivity index is 1.89. The summed E-state index contributed by atoms with van der Waals surface area (Å²) in [4.78, 5) is 16.4. The van der Waals surface area contributed by atoms with Crippen LogP contribution < -0.4 is 10.6 Å². The molecule has 0 saturated carbocycles. The fourth-order valence-corrected chi connectivity index (χ4v) is 2.04. The van der Waals surface area contributed by atoms with Crippen molar-refractivity contribution in [2.24, 2.45) is 5.92 Å². The van der Waals surface area contributed by atoms with Crippen LogP contribution in [0.15, 0.2) is 48.7 Å². The van der Waals surface area contributed by atoms with Gasteiger partial charge in [-0.25, -0.2) is 4.98 Å². The van der Waals surface area contributed by atoms with E-state index in [1.807, 2.05) is 30.3 Å². The first-order valence-electron chi connectivity index (χ1n) is 7.67. The number of nitrogens with one attached hydrogen (secondary N) is 2. The van der Waals surface area contributed by atoms with Gasteiger partial charge in [0.05, 0.1) is 0 Å². The van der Waals surface area contributed by atoms with Crippen LogP contribution in [-0.4, -0.2) is 17.4 Å². The molecule has 0 radical (unpaired) electrons. The average molecular weight is 297 g/mol. The van der Waals surface area contributed by atoms with E-state index in [4.69, 9.17) is 0 Å². The first-order valence-corrected chi connectivity index (χ1v) is 7.67. The minimum Gasteiger partial charge on any atom is -0.370 e. The van der Waals surface area contributed by atoms with Gasteiger partial charge in [0.2, 0.25) is 0 Å². The molecule has 1 aromatic heterocycles. The van der Waals surface area contributed by atoms with E-state index < -0.39 is 0 Å². The minimum atomic E-state index is -0.0850. The van der Waals surface area contributed by atoms with Gasteiger partial charge in [0.15, 0.2) is 0 Å². The van der Waals surface area contributed by atoms with Crippen LogP contribution >= 0.6 is 0 Å².